The third-order valence-electron chi connectivity index (χ3n) is 3.65. The highest BCUT2D eigenvalue weighted by Crippen LogP contribution is 2.09. The van der Waals surface area contributed by atoms with Gasteiger partial charge >= 0.3 is 0 Å². The average molecular weight is 300 g/mol. The van der Waals surface area contributed by atoms with Crippen molar-refractivity contribution in [1.82, 2.24) is 5.32 Å². The summed E-state index contributed by atoms with van der Waals surface area (Å²) in [6, 6.07) is 14.3. The molecular formula is C18H21FN2O. The summed E-state index contributed by atoms with van der Waals surface area (Å²) in [5.74, 6) is -0.615. The van der Waals surface area contributed by atoms with Crippen molar-refractivity contribution in [3.8, 4) is 0 Å². The summed E-state index contributed by atoms with van der Waals surface area (Å²) < 4.78 is 12.8. The molecule has 3 N–H and O–H groups in total. The van der Waals surface area contributed by atoms with Crippen LogP contribution in [0.25, 0.3) is 0 Å². The Morgan fingerprint density at radius 2 is 1.91 bits per heavy atom. The van der Waals surface area contributed by atoms with E-state index in [1.54, 1.807) is 6.07 Å². The molecule has 116 valence electrons. The Hall–Kier alpha value is -2.20. The number of hydrogen-bond acceptors (Lipinski definition) is 2. The number of hydrogen-bond donors (Lipinski definition) is 2. The Balaban J connectivity index is 1.80. The van der Waals surface area contributed by atoms with Crippen LogP contribution in [0.1, 0.15) is 34.8 Å². The van der Waals surface area contributed by atoms with Crippen molar-refractivity contribution in [1.29, 1.82) is 0 Å². The van der Waals surface area contributed by atoms with Gasteiger partial charge in [0.05, 0.1) is 0 Å². The number of rotatable bonds is 7. The molecule has 2 rings (SSSR count). The smallest absolute Gasteiger partial charge is 0.248 e. The molecule has 0 aromatic heterocycles. The van der Waals surface area contributed by atoms with Crippen molar-refractivity contribution >= 4 is 5.91 Å². The van der Waals surface area contributed by atoms with E-state index >= 15 is 0 Å². The fourth-order valence-corrected chi connectivity index (χ4v) is 2.26. The summed E-state index contributed by atoms with van der Waals surface area (Å²) in [7, 11) is 0. The van der Waals surface area contributed by atoms with Crippen LogP contribution in [0.3, 0.4) is 0 Å². The van der Waals surface area contributed by atoms with Crippen molar-refractivity contribution in [2.75, 3.05) is 0 Å². The Kier molecular flexibility index (Phi) is 5.67. The molecule has 0 heterocycles. The van der Waals surface area contributed by atoms with E-state index in [1.165, 1.54) is 12.1 Å². The number of halogens is 1. The summed E-state index contributed by atoms with van der Waals surface area (Å²) in [4.78, 5) is 11.1. The summed E-state index contributed by atoms with van der Waals surface area (Å²) >= 11 is 0. The van der Waals surface area contributed by atoms with Crippen LogP contribution < -0.4 is 11.1 Å². The first-order valence-electron chi connectivity index (χ1n) is 7.41. The van der Waals surface area contributed by atoms with Gasteiger partial charge in [-0.15, -0.1) is 0 Å². The normalized spacial score (nSPS) is 12.1. The molecule has 3 nitrogen and oxygen atoms in total. The third kappa shape index (κ3) is 4.97. The van der Waals surface area contributed by atoms with Gasteiger partial charge in [-0.25, -0.2) is 4.39 Å². The van der Waals surface area contributed by atoms with E-state index in [0.29, 0.717) is 18.2 Å². The fraction of sp³-hybridized carbons (Fsp3) is 0.278. The van der Waals surface area contributed by atoms with E-state index in [9.17, 15) is 9.18 Å². The molecule has 2 aromatic carbocycles. The lowest BCUT2D eigenvalue weighted by Gasteiger charge is -2.14. The highest BCUT2D eigenvalue weighted by molar-refractivity contribution is 5.92. The van der Waals surface area contributed by atoms with E-state index < -0.39 is 5.91 Å². The fourth-order valence-electron chi connectivity index (χ4n) is 2.26. The van der Waals surface area contributed by atoms with Gasteiger partial charge in [0.15, 0.2) is 0 Å². The van der Waals surface area contributed by atoms with Crippen LogP contribution in [0.4, 0.5) is 4.39 Å². The monoisotopic (exact) mass is 300 g/mol. The quantitative estimate of drug-likeness (QED) is 0.826. The zero-order chi connectivity index (χ0) is 15.9. The van der Waals surface area contributed by atoms with Crippen LogP contribution in [0.15, 0.2) is 48.5 Å². The van der Waals surface area contributed by atoms with Gasteiger partial charge in [0.1, 0.15) is 5.82 Å². The first-order valence-corrected chi connectivity index (χ1v) is 7.41. The third-order valence-corrected chi connectivity index (χ3v) is 3.65. The Morgan fingerprint density at radius 1 is 1.18 bits per heavy atom. The predicted molar refractivity (Wildman–Crippen MR) is 86.0 cm³/mol. The van der Waals surface area contributed by atoms with E-state index in [4.69, 9.17) is 5.73 Å². The number of carbonyl (C=O) groups excluding carboxylic acids is 1. The largest absolute Gasteiger partial charge is 0.366 e. The van der Waals surface area contributed by atoms with Crippen LogP contribution >= 0.6 is 0 Å². The van der Waals surface area contributed by atoms with Crippen molar-refractivity contribution in [2.24, 2.45) is 5.73 Å². The Bertz CT molecular complexity index is 625. The number of amides is 1. The molecule has 22 heavy (non-hydrogen) atoms. The van der Waals surface area contributed by atoms with Gasteiger partial charge in [-0.05, 0) is 55.2 Å². The van der Waals surface area contributed by atoms with Crippen LogP contribution in [0, 0.1) is 5.82 Å². The summed E-state index contributed by atoms with van der Waals surface area (Å²) in [5.41, 5.74) is 7.96. The lowest BCUT2D eigenvalue weighted by Crippen LogP contribution is -2.26. The molecular weight excluding hydrogens is 279 g/mol. The lowest BCUT2D eigenvalue weighted by atomic mass is 10.1. The minimum atomic E-state index is -0.411. The number of carbonyl (C=O) groups is 1. The van der Waals surface area contributed by atoms with Crippen LogP contribution in [-0.4, -0.2) is 11.9 Å². The molecule has 0 unspecified atom stereocenters. The number of nitrogens with two attached hydrogens (primary N) is 1. The van der Waals surface area contributed by atoms with E-state index in [0.717, 1.165) is 24.0 Å². The van der Waals surface area contributed by atoms with E-state index in [2.05, 4.69) is 12.2 Å². The van der Waals surface area contributed by atoms with Crippen LogP contribution in [-0.2, 0) is 13.0 Å². The Labute approximate surface area is 130 Å². The average Bonchev–Trinajstić information content (AvgIpc) is 2.52. The molecule has 0 spiro atoms. The molecule has 0 aliphatic heterocycles. The second-order valence-corrected chi connectivity index (χ2v) is 5.51. The minimum absolute atomic E-state index is 0.204. The predicted octanol–water partition coefficient (Wildman–Crippen LogP) is 3.04. The second kappa shape index (κ2) is 7.71. The maximum atomic E-state index is 12.8. The molecule has 0 saturated carbocycles. The molecule has 0 bridgehead atoms. The minimum Gasteiger partial charge on any atom is -0.366 e. The summed E-state index contributed by atoms with van der Waals surface area (Å²) in [6.45, 7) is 2.80. The molecule has 0 fully saturated rings. The molecule has 1 atom stereocenters. The standard InChI is InChI=1S/C18H21FN2O/c1-13(5-6-14-7-9-17(19)10-8-14)21-12-15-3-2-4-16(11-15)18(20)22/h2-4,7-11,13,21H,5-6,12H2,1H3,(H2,20,22)/t13-/m0/s1. The van der Waals surface area contributed by atoms with Gasteiger partial charge in [-0.3, -0.25) is 4.79 Å². The first kappa shape index (κ1) is 16.2. The molecule has 4 heteroatoms. The van der Waals surface area contributed by atoms with E-state index in [1.807, 2.05) is 30.3 Å². The van der Waals surface area contributed by atoms with E-state index in [-0.39, 0.29) is 5.82 Å². The molecule has 1 amide bonds. The van der Waals surface area contributed by atoms with Crippen molar-refractivity contribution in [3.05, 3.63) is 71.0 Å². The maximum Gasteiger partial charge on any atom is 0.248 e. The molecule has 0 aliphatic rings. The lowest BCUT2D eigenvalue weighted by molar-refractivity contribution is 0.1000. The zero-order valence-electron chi connectivity index (χ0n) is 12.7. The van der Waals surface area contributed by atoms with Gasteiger partial charge in [0.2, 0.25) is 5.91 Å². The van der Waals surface area contributed by atoms with Gasteiger partial charge in [-0.2, -0.15) is 0 Å². The highest BCUT2D eigenvalue weighted by atomic mass is 19.1. The van der Waals surface area contributed by atoms with Crippen LogP contribution in [0.2, 0.25) is 0 Å². The maximum absolute atomic E-state index is 12.8. The molecule has 0 aliphatic carbocycles. The van der Waals surface area contributed by atoms with Gasteiger partial charge in [0.25, 0.3) is 0 Å². The highest BCUT2D eigenvalue weighted by Gasteiger charge is 2.05. The number of benzene rings is 2. The van der Waals surface area contributed by atoms with Crippen LogP contribution in [0.5, 0.6) is 0 Å². The van der Waals surface area contributed by atoms with Gasteiger partial charge < -0.3 is 11.1 Å². The van der Waals surface area contributed by atoms with Gasteiger partial charge in [0, 0.05) is 18.2 Å². The number of aryl methyl sites for hydroxylation is 1. The summed E-state index contributed by atoms with van der Waals surface area (Å²) in [6.07, 6.45) is 1.86. The molecule has 2 aromatic rings. The zero-order valence-corrected chi connectivity index (χ0v) is 12.7. The second-order valence-electron chi connectivity index (χ2n) is 5.51. The number of primary amides is 1. The topological polar surface area (TPSA) is 55.1 Å². The SMILES string of the molecule is C[C@@H](CCc1ccc(F)cc1)NCc1cccc(C(N)=O)c1. The first-order chi connectivity index (χ1) is 10.5. The van der Waals surface area contributed by atoms with Crippen molar-refractivity contribution in [2.45, 2.75) is 32.4 Å². The molecule has 0 saturated heterocycles. The number of nitrogens with one attached hydrogen (secondary N) is 1. The van der Waals surface area contributed by atoms with Crippen molar-refractivity contribution < 1.29 is 9.18 Å². The Morgan fingerprint density at radius 3 is 2.59 bits per heavy atom. The summed E-state index contributed by atoms with van der Waals surface area (Å²) in [5, 5.41) is 3.42. The van der Waals surface area contributed by atoms with Crippen molar-refractivity contribution in [3.63, 3.8) is 0 Å². The van der Waals surface area contributed by atoms with Gasteiger partial charge in [-0.1, -0.05) is 24.3 Å². The molecule has 0 radical (unpaired) electrons.